The lowest BCUT2D eigenvalue weighted by atomic mass is 9.93. The van der Waals surface area contributed by atoms with Gasteiger partial charge in [0.05, 0.1) is 10.9 Å². The number of hydrogen-bond acceptors (Lipinski definition) is 2. The van der Waals surface area contributed by atoms with Gasteiger partial charge in [0.25, 0.3) is 0 Å². The van der Waals surface area contributed by atoms with Crippen molar-refractivity contribution >= 4 is 75.4 Å². The van der Waals surface area contributed by atoms with Crippen LogP contribution in [0.1, 0.15) is 45.5 Å². The van der Waals surface area contributed by atoms with E-state index in [0.717, 1.165) is 23.1 Å². The minimum atomic E-state index is -1.30. The molecule has 1 amide bonds. The summed E-state index contributed by atoms with van der Waals surface area (Å²) in [6, 6.07) is 15.8. The highest BCUT2D eigenvalue weighted by atomic mass is 35.5. The Morgan fingerprint density at radius 1 is 0.971 bits per heavy atom. The van der Waals surface area contributed by atoms with E-state index in [1.54, 1.807) is 36.4 Å². The lowest BCUT2D eigenvalue weighted by molar-refractivity contribution is -0.117. The number of hydrogen-bond donors (Lipinski definition) is 1. The van der Waals surface area contributed by atoms with Crippen LogP contribution in [0.25, 0.3) is 0 Å². The van der Waals surface area contributed by atoms with Gasteiger partial charge in [0.1, 0.15) is 4.33 Å². The molecule has 0 aliphatic heterocycles. The van der Waals surface area contributed by atoms with Crippen molar-refractivity contribution < 1.29 is 9.59 Å². The van der Waals surface area contributed by atoms with Crippen molar-refractivity contribution in [2.45, 2.75) is 36.9 Å². The van der Waals surface area contributed by atoms with Gasteiger partial charge >= 0.3 is 0 Å². The molecule has 3 nitrogen and oxygen atoms in total. The van der Waals surface area contributed by atoms with Gasteiger partial charge in [-0.15, -0.1) is 23.2 Å². The highest BCUT2D eigenvalue weighted by Crippen LogP contribution is 2.65. The summed E-state index contributed by atoms with van der Waals surface area (Å²) in [7, 11) is 0. The summed E-state index contributed by atoms with van der Waals surface area (Å²) in [4.78, 5) is 26.2. The first-order valence-electron chi connectivity index (χ1n) is 11.1. The third-order valence-corrected chi connectivity index (χ3v) is 8.05. The van der Waals surface area contributed by atoms with E-state index in [0.29, 0.717) is 31.9 Å². The Balaban J connectivity index is 1.53. The van der Waals surface area contributed by atoms with Gasteiger partial charge in [-0.25, -0.2) is 0 Å². The second-order valence-corrected chi connectivity index (χ2v) is 11.4. The molecular weight excluding hydrogens is 548 g/mol. The van der Waals surface area contributed by atoms with Gasteiger partial charge in [-0.05, 0) is 72.0 Å². The fourth-order valence-corrected chi connectivity index (χ4v) is 6.06. The molecule has 3 aromatic carbocycles. The van der Waals surface area contributed by atoms with E-state index in [2.05, 4.69) is 12.2 Å². The minimum absolute atomic E-state index is 0.128. The van der Waals surface area contributed by atoms with Crippen LogP contribution >= 0.6 is 58.0 Å². The lowest BCUT2D eigenvalue weighted by Gasteiger charge is -2.13. The van der Waals surface area contributed by atoms with Crippen molar-refractivity contribution in [1.82, 2.24) is 0 Å². The van der Waals surface area contributed by atoms with Crippen LogP contribution in [-0.4, -0.2) is 16.0 Å². The average molecular weight is 570 g/mol. The maximum Gasteiger partial charge on any atom is 0.231 e. The van der Waals surface area contributed by atoms with E-state index in [-0.39, 0.29) is 18.1 Å². The zero-order chi connectivity index (χ0) is 25.5. The first-order valence-corrected chi connectivity index (χ1v) is 13.0. The van der Waals surface area contributed by atoms with Crippen LogP contribution in [0.15, 0.2) is 54.6 Å². The number of nitrogens with one attached hydrogen (secondary N) is 1. The van der Waals surface area contributed by atoms with Gasteiger partial charge in [-0.2, -0.15) is 0 Å². The predicted octanol–water partition coefficient (Wildman–Crippen LogP) is 8.47. The SMILES string of the molecule is CCc1cccc(C)c1CC(=O)c1cc(NC(=O)C2C(c3cc(Cl)cc(Cl)c3)C2(Cl)Cl)ccc1Cl. The van der Waals surface area contributed by atoms with Gasteiger partial charge in [-0.3, -0.25) is 9.59 Å². The van der Waals surface area contributed by atoms with Crippen LogP contribution in [0, 0.1) is 12.8 Å². The molecule has 0 spiro atoms. The van der Waals surface area contributed by atoms with Gasteiger partial charge in [-0.1, -0.05) is 59.9 Å². The molecule has 0 saturated heterocycles. The molecule has 1 aliphatic carbocycles. The topological polar surface area (TPSA) is 46.2 Å². The summed E-state index contributed by atoms with van der Waals surface area (Å²) >= 11 is 31.5. The van der Waals surface area contributed by atoms with Crippen LogP contribution in [0.3, 0.4) is 0 Å². The first kappa shape index (κ1) is 26.3. The molecule has 1 fully saturated rings. The van der Waals surface area contributed by atoms with Crippen LogP contribution < -0.4 is 5.32 Å². The highest BCUT2D eigenvalue weighted by Gasteiger charge is 2.67. The molecule has 182 valence electrons. The van der Waals surface area contributed by atoms with Gasteiger partial charge in [0.2, 0.25) is 5.91 Å². The van der Waals surface area contributed by atoms with Crippen molar-refractivity contribution in [2.24, 2.45) is 5.92 Å². The second kappa shape index (κ2) is 10.3. The highest BCUT2D eigenvalue weighted by molar-refractivity contribution is 6.53. The average Bonchev–Trinajstić information content (AvgIpc) is 3.37. The number of carbonyl (C=O) groups is 2. The van der Waals surface area contributed by atoms with Crippen LogP contribution in [-0.2, 0) is 17.6 Å². The van der Waals surface area contributed by atoms with Crippen LogP contribution in [0.2, 0.25) is 15.1 Å². The monoisotopic (exact) mass is 567 g/mol. The van der Waals surface area contributed by atoms with E-state index in [1.807, 2.05) is 25.1 Å². The normalized spacial score (nSPS) is 18.3. The van der Waals surface area contributed by atoms with Crippen molar-refractivity contribution in [3.05, 3.63) is 97.5 Å². The summed E-state index contributed by atoms with van der Waals surface area (Å²) in [5, 5.41) is 4.01. The third-order valence-electron chi connectivity index (χ3n) is 6.34. The Morgan fingerprint density at radius 3 is 2.31 bits per heavy atom. The van der Waals surface area contributed by atoms with Crippen molar-refractivity contribution in [2.75, 3.05) is 5.32 Å². The summed E-state index contributed by atoms with van der Waals surface area (Å²) < 4.78 is -1.30. The quantitative estimate of drug-likeness (QED) is 0.229. The van der Waals surface area contributed by atoms with Gasteiger partial charge in [0, 0.05) is 33.6 Å². The Morgan fingerprint density at radius 2 is 1.66 bits per heavy atom. The Labute approximate surface area is 229 Å². The summed E-state index contributed by atoms with van der Waals surface area (Å²) in [5.41, 5.74) is 4.64. The molecule has 3 aromatic rings. The molecule has 0 bridgehead atoms. The number of Topliss-reactive ketones (excluding diaryl/α,β-unsaturated/α-hetero) is 1. The number of alkyl halides is 2. The largest absolute Gasteiger partial charge is 0.326 e. The molecule has 35 heavy (non-hydrogen) atoms. The molecule has 2 atom stereocenters. The molecule has 1 aliphatic rings. The Bertz CT molecular complexity index is 1300. The zero-order valence-electron chi connectivity index (χ0n) is 19.0. The van der Waals surface area contributed by atoms with E-state index < -0.39 is 16.2 Å². The number of aryl methyl sites for hydroxylation is 2. The fraction of sp³-hybridized carbons (Fsp3) is 0.259. The molecule has 8 heteroatoms. The van der Waals surface area contributed by atoms with Gasteiger partial charge in [0.15, 0.2) is 5.78 Å². The van der Waals surface area contributed by atoms with Crippen LogP contribution in [0.4, 0.5) is 5.69 Å². The van der Waals surface area contributed by atoms with E-state index >= 15 is 0 Å². The van der Waals surface area contributed by atoms with E-state index in [1.165, 1.54) is 0 Å². The number of benzene rings is 3. The van der Waals surface area contributed by atoms with Gasteiger partial charge < -0.3 is 5.32 Å². The van der Waals surface area contributed by atoms with Crippen molar-refractivity contribution in [1.29, 1.82) is 0 Å². The molecule has 4 rings (SSSR count). The standard InChI is InChI=1S/C27H22Cl5NO2/c1-3-15-6-4-5-14(2)20(15)13-23(34)21-12-19(7-8-22(21)30)33-26(35)25-24(27(25,31)32)16-9-17(28)11-18(29)10-16/h4-12,24-25H,3,13H2,1-2H3,(H,33,35). The molecule has 0 heterocycles. The van der Waals surface area contributed by atoms with E-state index in [4.69, 9.17) is 58.0 Å². The molecule has 2 unspecified atom stereocenters. The maximum atomic E-state index is 13.2. The molecule has 1 N–H and O–H groups in total. The molecular formula is C27H22Cl5NO2. The number of rotatable bonds is 7. The van der Waals surface area contributed by atoms with Crippen molar-refractivity contribution in [3.63, 3.8) is 0 Å². The molecule has 0 aromatic heterocycles. The molecule has 0 radical (unpaired) electrons. The van der Waals surface area contributed by atoms with Crippen LogP contribution in [0.5, 0.6) is 0 Å². The number of halogens is 5. The number of amides is 1. The summed E-state index contributed by atoms with van der Waals surface area (Å²) in [6.45, 7) is 4.05. The lowest BCUT2D eigenvalue weighted by Crippen LogP contribution is -2.17. The summed E-state index contributed by atoms with van der Waals surface area (Å²) in [5.74, 6) is -1.68. The Hall–Kier alpha value is -1.75. The first-order chi connectivity index (χ1) is 16.5. The Kier molecular flexibility index (Phi) is 7.76. The summed E-state index contributed by atoms with van der Waals surface area (Å²) in [6.07, 6.45) is 1.05. The smallest absolute Gasteiger partial charge is 0.231 e. The van der Waals surface area contributed by atoms with E-state index in [9.17, 15) is 9.59 Å². The predicted molar refractivity (Wildman–Crippen MR) is 146 cm³/mol. The zero-order valence-corrected chi connectivity index (χ0v) is 22.8. The number of carbonyl (C=O) groups excluding carboxylic acids is 2. The fourth-order valence-electron chi connectivity index (χ4n) is 4.46. The van der Waals surface area contributed by atoms with Crippen molar-refractivity contribution in [3.8, 4) is 0 Å². The minimum Gasteiger partial charge on any atom is -0.326 e. The maximum absolute atomic E-state index is 13.2. The number of anilines is 1. The molecule has 1 saturated carbocycles. The number of ketones is 1. The third kappa shape index (κ3) is 5.50. The second-order valence-electron chi connectivity index (χ2n) is 8.68.